The highest BCUT2D eigenvalue weighted by Gasteiger charge is 2.36. The van der Waals surface area contributed by atoms with Gasteiger partial charge < -0.3 is 15.3 Å². The van der Waals surface area contributed by atoms with E-state index in [1.54, 1.807) is 0 Å². The molecule has 1 heterocycles. The van der Waals surface area contributed by atoms with E-state index in [1.807, 2.05) is 4.90 Å². The number of piperidine rings is 1. The van der Waals surface area contributed by atoms with Gasteiger partial charge >= 0.3 is 5.97 Å². The molecule has 0 bridgehead atoms. The van der Waals surface area contributed by atoms with E-state index >= 15 is 0 Å². The molecule has 2 fully saturated rings. The number of likely N-dealkylation sites (tertiary alicyclic amines) is 1. The lowest BCUT2D eigenvalue weighted by Crippen LogP contribution is -2.47. The number of carboxylic acid groups (broad SMARTS) is 1. The average molecular weight is 294 g/mol. The molecule has 1 atom stereocenters. The largest absolute Gasteiger partial charge is 0.480 e. The summed E-state index contributed by atoms with van der Waals surface area (Å²) in [6.45, 7) is 4.68. The zero-order chi connectivity index (χ0) is 15.4. The van der Waals surface area contributed by atoms with Crippen LogP contribution in [0.15, 0.2) is 12.7 Å². The maximum Gasteiger partial charge on any atom is 0.326 e. The summed E-state index contributed by atoms with van der Waals surface area (Å²) in [5, 5.41) is 11.6. The molecule has 0 aromatic rings. The van der Waals surface area contributed by atoms with E-state index < -0.39 is 12.0 Å². The van der Waals surface area contributed by atoms with Gasteiger partial charge in [-0.1, -0.05) is 6.08 Å². The van der Waals surface area contributed by atoms with Crippen molar-refractivity contribution in [1.82, 2.24) is 10.2 Å². The number of amides is 2. The first kappa shape index (κ1) is 15.5. The Morgan fingerprint density at radius 3 is 2.29 bits per heavy atom. The Labute approximate surface area is 124 Å². The summed E-state index contributed by atoms with van der Waals surface area (Å²) >= 11 is 0. The second-order valence-corrected chi connectivity index (χ2v) is 5.80. The monoisotopic (exact) mass is 294 g/mol. The highest BCUT2D eigenvalue weighted by atomic mass is 16.4. The van der Waals surface area contributed by atoms with Crippen molar-refractivity contribution in [3.63, 3.8) is 0 Å². The van der Waals surface area contributed by atoms with Gasteiger partial charge in [-0.25, -0.2) is 4.79 Å². The van der Waals surface area contributed by atoms with Gasteiger partial charge in [0.25, 0.3) is 0 Å². The Bertz CT molecular complexity index is 437. The van der Waals surface area contributed by atoms with Crippen LogP contribution in [0.3, 0.4) is 0 Å². The minimum Gasteiger partial charge on any atom is -0.480 e. The third kappa shape index (κ3) is 4.06. The summed E-state index contributed by atoms with van der Waals surface area (Å²) in [5.41, 5.74) is 0. The molecule has 6 nitrogen and oxygen atoms in total. The lowest BCUT2D eigenvalue weighted by molar-refractivity contribution is -0.143. The first-order chi connectivity index (χ1) is 10.0. The van der Waals surface area contributed by atoms with Crippen LogP contribution in [0.5, 0.6) is 0 Å². The van der Waals surface area contributed by atoms with E-state index in [0.29, 0.717) is 25.9 Å². The van der Waals surface area contributed by atoms with Crippen LogP contribution in [0, 0.1) is 11.8 Å². The van der Waals surface area contributed by atoms with Crippen molar-refractivity contribution in [2.45, 2.75) is 38.1 Å². The molecular weight excluding hydrogens is 272 g/mol. The zero-order valence-corrected chi connectivity index (χ0v) is 12.1. The van der Waals surface area contributed by atoms with Crippen molar-refractivity contribution in [2.24, 2.45) is 11.8 Å². The van der Waals surface area contributed by atoms with Crippen LogP contribution < -0.4 is 5.32 Å². The van der Waals surface area contributed by atoms with E-state index in [4.69, 9.17) is 5.11 Å². The molecule has 1 unspecified atom stereocenters. The molecular formula is C15H22N2O4. The highest BCUT2D eigenvalue weighted by Crippen LogP contribution is 2.32. The van der Waals surface area contributed by atoms with Gasteiger partial charge in [0.05, 0.1) is 0 Å². The Kier molecular flexibility index (Phi) is 4.98. The normalized spacial score (nSPS) is 20.7. The lowest BCUT2D eigenvalue weighted by atomic mass is 9.95. The second-order valence-electron chi connectivity index (χ2n) is 5.80. The second kappa shape index (κ2) is 6.74. The molecule has 2 N–H and O–H groups in total. The van der Waals surface area contributed by atoms with Gasteiger partial charge in [-0.15, -0.1) is 6.58 Å². The van der Waals surface area contributed by atoms with Gasteiger partial charge in [-0.3, -0.25) is 9.59 Å². The molecule has 1 aliphatic heterocycles. The van der Waals surface area contributed by atoms with Crippen molar-refractivity contribution in [1.29, 1.82) is 0 Å². The number of aliphatic carboxylic acids is 1. The number of rotatable bonds is 6. The molecule has 0 radical (unpaired) electrons. The number of carbonyl (C=O) groups excluding carboxylic acids is 2. The van der Waals surface area contributed by atoms with Crippen LogP contribution in [0.2, 0.25) is 0 Å². The first-order valence-electron chi connectivity index (χ1n) is 7.45. The quantitative estimate of drug-likeness (QED) is 0.709. The van der Waals surface area contributed by atoms with Crippen LogP contribution in [0.4, 0.5) is 0 Å². The fourth-order valence-electron chi connectivity index (χ4n) is 2.63. The molecule has 1 saturated carbocycles. The number of carbonyl (C=O) groups is 3. The Morgan fingerprint density at radius 1 is 1.19 bits per heavy atom. The Morgan fingerprint density at radius 2 is 1.81 bits per heavy atom. The lowest BCUT2D eigenvalue weighted by Gasteiger charge is -2.32. The molecule has 2 aliphatic rings. The van der Waals surface area contributed by atoms with Gasteiger partial charge in [-0.05, 0) is 32.1 Å². The number of carboxylic acids is 1. The molecule has 0 aromatic heterocycles. The summed E-state index contributed by atoms with van der Waals surface area (Å²) < 4.78 is 0. The maximum absolute atomic E-state index is 12.1. The number of nitrogens with zero attached hydrogens (tertiary/aromatic N) is 1. The van der Waals surface area contributed by atoms with Crippen molar-refractivity contribution in [3.8, 4) is 0 Å². The van der Waals surface area contributed by atoms with Crippen molar-refractivity contribution < 1.29 is 19.5 Å². The van der Waals surface area contributed by atoms with Crippen molar-refractivity contribution in [3.05, 3.63) is 12.7 Å². The third-order valence-electron chi connectivity index (χ3n) is 4.12. The summed E-state index contributed by atoms with van der Waals surface area (Å²) in [5.74, 6) is -1.07. The average Bonchev–Trinajstić information content (AvgIpc) is 3.30. The van der Waals surface area contributed by atoms with E-state index in [-0.39, 0.29) is 30.1 Å². The summed E-state index contributed by atoms with van der Waals surface area (Å²) in [7, 11) is 0. The number of nitrogens with one attached hydrogen (secondary N) is 1. The van der Waals surface area contributed by atoms with E-state index in [2.05, 4.69) is 11.9 Å². The molecule has 21 heavy (non-hydrogen) atoms. The molecule has 6 heteroatoms. The van der Waals surface area contributed by atoms with Crippen LogP contribution >= 0.6 is 0 Å². The standard InChI is InChI=1S/C15H22N2O4/c1-2-3-12(15(20)21)16-13(18)10-6-8-17(9-7-10)14(19)11-4-5-11/h2,10-12H,1,3-9H2,(H,16,18)(H,20,21). The molecule has 1 aliphatic carbocycles. The molecule has 116 valence electrons. The third-order valence-corrected chi connectivity index (χ3v) is 4.12. The van der Waals surface area contributed by atoms with Crippen molar-refractivity contribution in [2.75, 3.05) is 13.1 Å². The van der Waals surface area contributed by atoms with Crippen LogP contribution in [-0.2, 0) is 14.4 Å². The van der Waals surface area contributed by atoms with Gasteiger partial charge in [-0.2, -0.15) is 0 Å². The van der Waals surface area contributed by atoms with E-state index in [0.717, 1.165) is 12.8 Å². The van der Waals surface area contributed by atoms with Crippen LogP contribution in [0.25, 0.3) is 0 Å². The molecule has 0 spiro atoms. The van der Waals surface area contributed by atoms with Crippen molar-refractivity contribution >= 4 is 17.8 Å². The highest BCUT2D eigenvalue weighted by molar-refractivity contribution is 5.85. The van der Waals surface area contributed by atoms with Crippen LogP contribution in [-0.4, -0.2) is 46.9 Å². The zero-order valence-electron chi connectivity index (χ0n) is 12.1. The minimum atomic E-state index is -1.05. The maximum atomic E-state index is 12.1. The van der Waals surface area contributed by atoms with Gasteiger partial charge in [0.15, 0.2) is 0 Å². The Balaban J connectivity index is 1.80. The predicted octanol–water partition coefficient (Wildman–Crippen LogP) is 0.780. The van der Waals surface area contributed by atoms with E-state index in [9.17, 15) is 14.4 Å². The Hall–Kier alpha value is -1.85. The fourth-order valence-corrected chi connectivity index (χ4v) is 2.63. The summed E-state index contributed by atoms with van der Waals surface area (Å²) in [4.78, 5) is 36.9. The molecule has 2 rings (SSSR count). The molecule has 2 amide bonds. The molecule has 0 aromatic carbocycles. The first-order valence-corrected chi connectivity index (χ1v) is 7.45. The molecule has 1 saturated heterocycles. The van der Waals surface area contributed by atoms with Crippen LogP contribution in [0.1, 0.15) is 32.1 Å². The SMILES string of the molecule is C=CCC(NC(=O)C1CCN(C(=O)C2CC2)CC1)C(=O)O. The van der Waals surface area contributed by atoms with E-state index in [1.165, 1.54) is 6.08 Å². The van der Waals surface area contributed by atoms with Gasteiger partial charge in [0.2, 0.25) is 11.8 Å². The summed E-state index contributed by atoms with van der Waals surface area (Å²) in [6.07, 6.45) is 4.87. The minimum absolute atomic E-state index is 0.208. The van der Waals surface area contributed by atoms with Gasteiger partial charge in [0, 0.05) is 24.9 Å². The smallest absolute Gasteiger partial charge is 0.326 e. The number of hydrogen-bond acceptors (Lipinski definition) is 3. The number of hydrogen-bond donors (Lipinski definition) is 2. The topological polar surface area (TPSA) is 86.7 Å². The summed E-state index contributed by atoms with van der Waals surface area (Å²) in [6, 6.07) is -0.916. The predicted molar refractivity (Wildman–Crippen MR) is 76.4 cm³/mol. The fraction of sp³-hybridized carbons (Fsp3) is 0.667. The van der Waals surface area contributed by atoms with Gasteiger partial charge in [0.1, 0.15) is 6.04 Å².